The van der Waals surface area contributed by atoms with Gasteiger partial charge in [0.15, 0.2) is 11.3 Å². The molecule has 2 aromatic heterocycles. The standard InChI is InChI=1S/C25H32F3N5O2/c1-2-3-20(34)31-21(15-4-5-15)17-12-19-30-18(14-33(19)29-13-17)22(32-23(35)24(26)10-11-24)16-6-8-25(27,28)9-7-16/h12-16,21-22H,2-11H2,1H3,(H,31,34)(H,32,35)/t21-,22+/m1/s1. The first-order valence-corrected chi connectivity index (χ1v) is 12.7. The number of aromatic nitrogens is 3. The maximum Gasteiger partial charge on any atom is 0.258 e. The molecule has 0 bridgehead atoms. The minimum absolute atomic E-state index is 0.00501. The molecule has 0 spiro atoms. The van der Waals surface area contributed by atoms with E-state index in [0.717, 1.165) is 24.8 Å². The van der Waals surface area contributed by atoms with Gasteiger partial charge in [-0.2, -0.15) is 5.10 Å². The van der Waals surface area contributed by atoms with Crippen molar-refractivity contribution in [3.05, 3.63) is 29.7 Å². The summed E-state index contributed by atoms with van der Waals surface area (Å²) < 4.78 is 43.6. The Morgan fingerprint density at radius 2 is 1.74 bits per heavy atom. The third-order valence-electron chi connectivity index (χ3n) is 7.54. The molecule has 10 heteroatoms. The number of imidazole rings is 1. The maximum absolute atomic E-state index is 14.4. The van der Waals surface area contributed by atoms with Gasteiger partial charge < -0.3 is 10.6 Å². The SMILES string of the molecule is CCCC(=O)N[C@@H](c1cnn2cc([C@@H](NC(=O)C3(F)CC3)C3CCC(F)(F)CC3)nc2c1)C1CC1. The molecule has 2 atom stereocenters. The number of alkyl halides is 3. The van der Waals surface area contributed by atoms with E-state index in [1.165, 1.54) is 0 Å². The fraction of sp³-hybridized carbons (Fsp3) is 0.680. The van der Waals surface area contributed by atoms with E-state index in [0.29, 0.717) is 23.7 Å². The van der Waals surface area contributed by atoms with Crippen molar-refractivity contribution in [3.8, 4) is 0 Å². The molecule has 2 aromatic rings. The normalized spacial score (nSPS) is 23.0. The zero-order chi connectivity index (χ0) is 24.8. The number of nitrogens with one attached hydrogen (secondary N) is 2. The second-order valence-corrected chi connectivity index (χ2v) is 10.5. The molecular formula is C25H32F3N5O2. The highest BCUT2D eigenvalue weighted by atomic mass is 19.3. The number of halogens is 3. The molecule has 0 unspecified atom stereocenters. The molecule has 2 N–H and O–H groups in total. The molecule has 5 rings (SSSR count). The predicted molar refractivity (Wildman–Crippen MR) is 122 cm³/mol. The molecule has 7 nitrogen and oxygen atoms in total. The minimum atomic E-state index is -2.71. The molecule has 0 radical (unpaired) electrons. The van der Waals surface area contributed by atoms with Crippen LogP contribution in [0.25, 0.3) is 5.65 Å². The molecule has 2 amide bonds. The van der Waals surface area contributed by atoms with Gasteiger partial charge in [-0.1, -0.05) is 6.92 Å². The lowest BCUT2D eigenvalue weighted by atomic mass is 9.81. The fourth-order valence-electron chi connectivity index (χ4n) is 5.04. The number of hydrogen-bond acceptors (Lipinski definition) is 4. The molecule has 0 aromatic carbocycles. The molecular weight excluding hydrogens is 459 g/mol. The largest absolute Gasteiger partial charge is 0.349 e. The first-order chi connectivity index (χ1) is 16.7. The van der Waals surface area contributed by atoms with E-state index in [1.807, 2.05) is 13.0 Å². The second kappa shape index (κ2) is 9.09. The van der Waals surface area contributed by atoms with Gasteiger partial charge in [0.1, 0.15) is 0 Å². The first kappa shape index (κ1) is 24.1. The van der Waals surface area contributed by atoms with Crippen LogP contribution >= 0.6 is 0 Å². The topological polar surface area (TPSA) is 88.4 Å². The summed E-state index contributed by atoms with van der Waals surface area (Å²) in [6.45, 7) is 1.96. The van der Waals surface area contributed by atoms with Gasteiger partial charge >= 0.3 is 0 Å². The molecule has 35 heavy (non-hydrogen) atoms. The molecule has 190 valence electrons. The zero-order valence-corrected chi connectivity index (χ0v) is 19.9. The van der Waals surface area contributed by atoms with Crippen LogP contribution in [-0.2, 0) is 9.59 Å². The van der Waals surface area contributed by atoms with Crippen molar-refractivity contribution in [1.29, 1.82) is 0 Å². The predicted octanol–water partition coefficient (Wildman–Crippen LogP) is 4.58. The third kappa shape index (κ3) is 5.30. The Morgan fingerprint density at radius 3 is 2.37 bits per heavy atom. The van der Waals surface area contributed by atoms with Gasteiger partial charge in [-0.25, -0.2) is 22.7 Å². The highest BCUT2D eigenvalue weighted by Gasteiger charge is 2.52. The summed E-state index contributed by atoms with van der Waals surface area (Å²) in [5.74, 6) is -3.30. The van der Waals surface area contributed by atoms with Crippen LogP contribution in [0.5, 0.6) is 0 Å². The Morgan fingerprint density at radius 1 is 1.06 bits per heavy atom. The summed E-state index contributed by atoms with van der Waals surface area (Å²) in [5, 5.41) is 10.4. The molecule has 0 saturated heterocycles. The van der Waals surface area contributed by atoms with Crippen molar-refractivity contribution in [2.75, 3.05) is 0 Å². The van der Waals surface area contributed by atoms with E-state index in [1.54, 1.807) is 16.9 Å². The third-order valence-corrected chi connectivity index (χ3v) is 7.54. The Hall–Kier alpha value is -2.65. The summed E-state index contributed by atoms with van der Waals surface area (Å²) in [6.07, 6.45) is 6.96. The van der Waals surface area contributed by atoms with E-state index in [4.69, 9.17) is 0 Å². The molecule has 3 aliphatic carbocycles. The molecule has 3 fully saturated rings. The number of carbonyl (C=O) groups is 2. The van der Waals surface area contributed by atoms with Crippen LogP contribution in [0.15, 0.2) is 18.5 Å². The lowest BCUT2D eigenvalue weighted by Gasteiger charge is -2.33. The highest BCUT2D eigenvalue weighted by Crippen LogP contribution is 2.44. The second-order valence-electron chi connectivity index (χ2n) is 10.5. The Labute approximate surface area is 202 Å². The maximum atomic E-state index is 14.4. The quantitative estimate of drug-likeness (QED) is 0.537. The summed E-state index contributed by atoms with van der Waals surface area (Å²) in [7, 11) is 0. The van der Waals surface area contributed by atoms with Crippen molar-refractivity contribution < 1.29 is 22.8 Å². The van der Waals surface area contributed by atoms with Gasteiger partial charge in [-0.15, -0.1) is 0 Å². The van der Waals surface area contributed by atoms with Crippen molar-refractivity contribution in [3.63, 3.8) is 0 Å². The fourth-order valence-corrected chi connectivity index (χ4v) is 5.04. The average Bonchev–Trinajstić information content (AvgIpc) is 3.74. The first-order valence-electron chi connectivity index (χ1n) is 12.7. The summed E-state index contributed by atoms with van der Waals surface area (Å²) in [5.41, 5.74) is 0.0191. The number of fused-ring (bicyclic) bond motifs is 1. The van der Waals surface area contributed by atoms with E-state index in [2.05, 4.69) is 20.7 Å². The van der Waals surface area contributed by atoms with Gasteiger partial charge in [-0.3, -0.25) is 9.59 Å². The summed E-state index contributed by atoms with van der Waals surface area (Å²) in [6, 6.07) is 1.07. The lowest BCUT2D eigenvalue weighted by molar-refractivity contribution is -0.129. The number of carbonyl (C=O) groups excluding carboxylic acids is 2. The van der Waals surface area contributed by atoms with Gasteiger partial charge in [0.25, 0.3) is 5.91 Å². The molecule has 0 aliphatic heterocycles. The van der Waals surface area contributed by atoms with Crippen LogP contribution < -0.4 is 10.6 Å². The van der Waals surface area contributed by atoms with Gasteiger partial charge in [0.2, 0.25) is 11.8 Å². The Balaban J connectivity index is 1.41. The van der Waals surface area contributed by atoms with Crippen molar-refractivity contribution in [2.45, 2.75) is 94.8 Å². The zero-order valence-electron chi connectivity index (χ0n) is 19.9. The lowest BCUT2D eigenvalue weighted by Crippen LogP contribution is -2.41. The van der Waals surface area contributed by atoms with Crippen molar-refractivity contribution >= 4 is 17.5 Å². The van der Waals surface area contributed by atoms with Crippen LogP contribution in [0, 0.1) is 11.8 Å². The van der Waals surface area contributed by atoms with Gasteiger partial charge in [0, 0.05) is 19.3 Å². The van der Waals surface area contributed by atoms with Crippen LogP contribution in [0.1, 0.15) is 94.5 Å². The van der Waals surface area contributed by atoms with Crippen LogP contribution in [0.2, 0.25) is 0 Å². The molecule has 3 aliphatic rings. The van der Waals surface area contributed by atoms with E-state index < -0.39 is 23.5 Å². The Kier molecular flexibility index (Phi) is 6.25. The van der Waals surface area contributed by atoms with Crippen molar-refractivity contribution in [2.24, 2.45) is 11.8 Å². The monoisotopic (exact) mass is 491 g/mol. The van der Waals surface area contributed by atoms with E-state index in [-0.39, 0.29) is 56.4 Å². The van der Waals surface area contributed by atoms with Crippen molar-refractivity contribution in [1.82, 2.24) is 25.2 Å². The van der Waals surface area contributed by atoms with Gasteiger partial charge in [0.05, 0.1) is 30.2 Å². The number of rotatable bonds is 9. The number of nitrogens with zero attached hydrogens (tertiary/aromatic N) is 3. The number of amides is 2. The number of hydrogen-bond donors (Lipinski definition) is 2. The van der Waals surface area contributed by atoms with Gasteiger partial charge in [-0.05, 0) is 68.4 Å². The minimum Gasteiger partial charge on any atom is -0.349 e. The van der Waals surface area contributed by atoms with E-state index in [9.17, 15) is 22.8 Å². The average molecular weight is 492 g/mol. The van der Waals surface area contributed by atoms with E-state index >= 15 is 0 Å². The highest BCUT2D eigenvalue weighted by molar-refractivity contribution is 5.88. The van der Waals surface area contributed by atoms with Crippen LogP contribution in [0.3, 0.4) is 0 Å². The molecule has 2 heterocycles. The summed E-state index contributed by atoms with van der Waals surface area (Å²) >= 11 is 0. The van der Waals surface area contributed by atoms with Crippen LogP contribution in [-0.4, -0.2) is 38.0 Å². The Bertz CT molecular complexity index is 1100. The smallest absolute Gasteiger partial charge is 0.258 e. The molecule has 3 saturated carbocycles. The summed E-state index contributed by atoms with van der Waals surface area (Å²) in [4.78, 5) is 29.5. The van der Waals surface area contributed by atoms with Crippen LogP contribution in [0.4, 0.5) is 13.2 Å².